The number of aromatic nitrogens is 1. The molecule has 1 saturated heterocycles. The van der Waals surface area contributed by atoms with E-state index in [-0.39, 0.29) is 0 Å². The molecule has 0 bridgehead atoms. The van der Waals surface area contributed by atoms with Gasteiger partial charge in [-0.1, -0.05) is 13.0 Å². The zero-order chi connectivity index (χ0) is 10.5. The minimum atomic E-state index is 0.687. The topological polar surface area (TPSA) is 24.9 Å². The molecule has 2 unspecified atom stereocenters. The van der Waals surface area contributed by atoms with Gasteiger partial charge in [-0.05, 0) is 55.8 Å². The van der Waals surface area contributed by atoms with Gasteiger partial charge in [0, 0.05) is 12.4 Å². The van der Waals surface area contributed by atoms with Gasteiger partial charge in [0.05, 0.1) is 0 Å². The van der Waals surface area contributed by atoms with Crippen molar-refractivity contribution in [1.82, 2.24) is 10.3 Å². The molecule has 0 aromatic carbocycles. The molecule has 0 aliphatic carbocycles. The normalized spacial score (nSPS) is 23.7. The van der Waals surface area contributed by atoms with E-state index in [9.17, 15) is 0 Å². The first-order chi connectivity index (χ1) is 7.42. The van der Waals surface area contributed by atoms with E-state index >= 15 is 0 Å². The minimum absolute atomic E-state index is 0.687. The van der Waals surface area contributed by atoms with E-state index in [2.05, 4.69) is 23.3 Å². The Balaban J connectivity index is 2.09. The van der Waals surface area contributed by atoms with Crippen LogP contribution in [0.3, 0.4) is 0 Å². The first-order valence-electron chi connectivity index (χ1n) is 6.02. The van der Waals surface area contributed by atoms with E-state index in [0.29, 0.717) is 5.92 Å². The lowest BCUT2D eigenvalue weighted by Crippen LogP contribution is -2.33. The summed E-state index contributed by atoms with van der Waals surface area (Å²) in [5.41, 5.74) is 1.41. The van der Waals surface area contributed by atoms with Crippen LogP contribution in [0.4, 0.5) is 0 Å². The lowest BCUT2D eigenvalue weighted by atomic mass is 9.80. The van der Waals surface area contributed by atoms with Crippen molar-refractivity contribution < 1.29 is 0 Å². The quantitative estimate of drug-likeness (QED) is 0.818. The van der Waals surface area contributed by atoms with Crippen molar-refractivity contribution in [2.75, 3.05) is 13.1 Å². The summed E-state index contributed by atoms with van der Waals surface area (Å²) in [5.74, 6) is 1.49. The molecule has 2 atom stereocenters. The smallest absolute Gasteiger partial charge is 0.0302 e. The Bertz CT molecular complexity index is 278. The fourth-order valence-corrected chi connectivity index (χ4v) is 2.66. The molecule has 0 saturated carbocycles. The van der Waals surface area contributed by atoms with Gasteiger partial charge in [0.2, 0.25) is 0 Å². The Hall–Kier alpha value is -0.890. The van der Waals surface area contributed by atoms with Crippen molar-refractivity contribution >= 4 is 0 Å². The highest BCUT2D eigenvalue weighted by Gasteiger charge is 2.23. The predicted molar refractivity (Wildman–Crippen MR) is 62.9 cm³/mol. The summed E-state index contributed by atoms with van der Waals surface area (Å²) in [7, 11) is 0. The molecule has 1 aromatic rings. The number of hydrogen-bond donors (Lipinski definition) is 1. The van der Waals surface area contributed by atoms with E-state index < -0.39 is 0 Å². The average Bonchev–Trinajstić information content (AvgIpc) is 2.33. The average molecular weight is 204 g/mol. The molecule has 1 aromatic heterocycles. The second kappa shape index (κ2) is 5.26. The van der Waals surface area contributed by atoms with Gasteiger partial charge in [0.1, 0.15) is 0 Å². The van der Waals surface area contributed by atoms with Crippen LogP contribution < -0.4 is 5.32 Å². The first kappa shape index (κ1) is 10.6. The number of nitrogens with zero attached hydrogens (tertiary/aromatic N) is 1. The summed E-state index contributed by atoms with van der Waals surface area (Å²) in [4.78, 5) is 4.23. The van der Waals surface area contributed by atoms with Crippen LogP contribution in [0.15, 0.2) is 24.5 Å². The highest BCUT2D eigenvalue weighted by Crippen LogP contribution is 2.31. The van der Waals surface area contributed by atoms with Gasteiger partial charge in [-0.2, -0.15) is 0 Å². The summed E-state index contributed by atoms with van der Waals surface area (Å²) in [6.45, 7) is 4.65. The molecule has 15 heavy (non-hydrogen) atoms. The first-order valence-corrected chi connectivity index (χ1v) is 6.02. The molecule has 2 heterocycles. The van der Waals surface area contributed by atoms with Gasteiger partial charge in [0.25, 0.3) is 0 Å². The number of piperidine rings is 1. The van der Waals surface area contributed by atoms with Crippen molar-refractivity contribution in [3.63, 3.8) is 0 Å². The maximum Gasteiger partial charge on any atom is 0.0302 e. The van der Waals surface area contributed by atoms with Crippen LogP contribution in [-0.4, -0.2) is 18.1 Å². The SMILES string of the molecule is CCC(c1cccnc1)C1CCCNC1. The van der Waals surface area contributed by atoms with Gasteiger partial charge < -0.3 is 5.32 Å². The molecule has 1 aliphatic rings. The highest BCUT2D eigenvalue weighted by atomic mass is 14.9. The second-order valence-corrected chi connectivity index (χ2v) is 4.41. The summed E-state index contributed by atoms with van der Waals surface area (Å²) in [6, 6.07) is 4.27. The van der Waals surface area contributed by atoms with Crippen molar-refractivity contribution in [2.45, 2.75) is 32.1 Å². The lowest BCUT2D eigenvalue weighted by molar-refractivity contribution is 0.316. The molecule has 2 rings (SSSR count). The van der Waals surface area contributed by atoms with E-state index in [0.717, 1.165) is 5.92 Å². The van der Waals surface area contributed by atoms with Crippen LogP contribution in [0.2, 0.25) is 0 Å². The Morgan fingerprint density at radius 1 is 1.60 bits per heavy atom. The molecule has 0 amide bonds. The largest absolute Gasteiger partial charge is 0.316 e. The fraction of sp³-hybridized carbons (Fsp3) is 0.615. The standard InChI is InChI=1S/C13H20N2/c1-2-13(11-5-3-7-14-9-11)12-6-4-8-15-10-12/h3,5,7,9,12-13,15H,2,4,6,8,10H2,1H3. The fourth-order valence-electron chi connectivity index (χ4n) is 2.66. The summed E-state index contributed by atoms with van der Waals surface area (Å²) >= 11 is 0. The van der Waals surface area contributed by atoms with Gasteiger partial charge in [-0.15, -0.1) is 0 Å². The summed E-state index contributed by atoms with van der Waals surface area (Å²) < 4.78 is 0. The lowest BCUT2D eigenvalue weighted by Gasteiger charge is -2.30. The van der Waals surface area contributed by atoms with Gasteiger partial charge in [0.15, 0.2) is 0 Å². The summed E-state index contributed by atoms with van der Waals surface area (Å²) in [5, 5.41) is 3.50. The molecule has 0 radical (unpaired) electrons. The van der Waals surface area contributed by atoms with E-state index in [1.54, 1.807) is 0 Å². The van der Waals surface area contributed by atoms with Crippen LogP contribution in [0.5, 0.6) is 0 Å². The van der Waals surface area contributed by atoms with Crippen LogP contribution in [0.25, 0.3) is 0 Å². The zero-order valence-corrected chi connectivity index (χ0v) is 9.45. The third-order valence-corrected chi connectivity index (χ3v) is 3.46. The van der Waals surface area contributed by atoms with Crippen LogP contribution in [0.1, 0.15) is 37.7 Å². The maximum absolute atomic E-state index is 4.23. The third-order valence-electron chi connectivity index (χ3n) is 3.46. The number of nitrogens with one attached hydrogen (secondary N) is 1. The van der Waals surface area contributed by atoms with Crippen LogP contribution in [0, 0.1) is 5.92 Å². The number of pyridine rings is 1. The van der Waals surface area contributed by atoms with Crippen molar-refractivity contribution in [1.29, 1.82) is 0 Å². The van der Waals surface area contributed by atoms with Crippen LogP contribution in [-0.2, 0) is 0 Å². The Morgan fingerprint density at radius 2 is 2.53 bits per heavy atom. The molecule has 2 nitrogen and oxygen atoms in total. The highest BCUT2D eigenvalue weighted by molar-refractivity contribution is 5.16. The summed E-state index contributed by atoms with van der Waals surface area (Å²) in [6.07, 6.45) is 7.79. The molecule has 2 heteroatoms. The van der Waals surface area contributed by atoms with Gasteiger partial charge in [-0.25, -0.2) is 0 Å². The Labute approximate surface area is 92.1 Å². The molecule has 1 aliphatic heterocycles. The van der Waals surface area contributed by atoms with Gasteiger partial charge >= 0.3 is 0 Å². The van der Waals surface area contributed by atoms with E-state index in [4.69, 9.17) is 0 Å². The van der Waals surface area contributed by atoms with Crippen LogP contribution >= 0.6 is 0 Å². The van der Waals surface area contributed by atoms with Crippen molar-refractivity contribution in [3.8, 4) is 0 Å². The molecule has 1 N–H and O–H groups in total. The number of hydrogen-bond acceptors (Lipinski definition) is 2. The van der Waals surface area contributed by atoms with E-state index in [1.807, 2.05) is 18.5 Å². The third kappa shape index (κ3) is 2.57. The molecule has 0 spiro atoms. The molecule has 1 fully saturated rings. The minimum Gasteiger partial charge on any atom is -0.316 e. The monoisotopic (exact) mass is 204 g/mol. The maximum atomic E-state index is 4.23. The molecular weight excluding hydrogens is 184 g/mol. The van der Waals surface area contributed by atoms with E-state index in [1.165, 1.54) is 37.9 Å². The Morgan fingerprint density at radius 3 is 3.13 bits per heavy atom. The molecular formula is C13H20N2. The van der Waals surface area contributed by atoms with Crippen molar-refractivity contribution in [3.05, 3.63) is 30.1 Å². The molecule has 82 valence electrons. The Kier molecular flexibility index (Phi) is 3.73. The number of rotatable bonds is 3. The second-order valence-electron chi connectivity index (χ2n) is 4.41. The van der Waals surface area contributed by atoms with Gasteiger partial charge in [-0.3, -0.25) is 4.98 Å². The predicted octanol–water partition coefficient (Wildman–Crippen LogP) is 2.57. The van der Waals surface area contributed by atoms with Crippen molar-refractivity contribution in [2.24, 2.45) is 5.92 Å². The zero-order valence-electron chi connectivity index (χ0n) is 9.45.